The maximum absolute atomic E-state index is 14.7. The van der Waals surface area contributed by atoms with Gasteiger partial charge in [-0.1, -0.05) is 24.3 Å². The SMILES string of the molecule is CC(C)(C)NC(=O)[C@]1(N(C(=O)C2CCC(=O)N2c2cc(C#N)ccn2)c2cncc(F)c2)CCc2ccccc21. The molecule has 1 aliphatic heterocycles. The molecule has 2 aromatic heterocycles. The number of rotatable bonds is 5. The van der Waals surface area contributed by atoms with Crippen LogP contribution in [0.4, 0.5) is 15.9 Å². The molecule has 1 unspecified atom stereocenters. The molecule has 0 saturated carbocycles. The van der Waals surface area contributed by atoms with E-state index < -0.39 is 34.8 Å². The van der Waals surface area contributed by atoms with Crippen molar-refractivity contribution >= 4 is 29.2 Å². The number of halogens is 1. The van der Waals surface area contributed by atoms with Gasteiger partial charge in [0.05, 0.1) is 29.7 Å². The Kier molecular flexibility index (Phi) is 6.84. The highest BCUT2D eigenvalue weighted by Gasteiger charge is 2.55. The zero-order valence-corrected chi connectivity index (χ0v) is 22.5. The molecule has 1 aromatic carbocycles. The molecule has 1 N–H and O–H groups in total. The van der Waals surface area contributed by atoms with Crippen LogP contribution in [0.1, 0.15) is 56.7 Å². The zero-order chi connectivity index (χ0) is 28.7. The van der Waals surface area contributed by atoms with Crippen LogP contribution in [0.25, 0.3) is 0 Å². The number of anilines is 2. The molecule has 1 aliphatic carbocycles. The maximum atomic E-state index is 14.7. The van der Waals surface area contributed by atoms with Crippen LogP contribution < -0.4 is 15.1 Å². The Morgan fingerprint density at radius 1 is 1.18 bits per heavy atom. The van der Waals surface area contributed by atoms with Gasteiger partial charge < -0.3 is 5.32 Å². The van der Waals surface area contributed by atoms with Crippen molar-refractivity contribution in [1.82, 2.24) is 15.3 Å². The van der Waals surface area contributed by atoms with Crippen LogP contribution in [-0.2, 0) is 26.3 Å². The lowest BCUT2D eigenvalue weighted by atomic mass is 9.86. The molecule has 1 saturated heterocycles. The van der Waals surface area contributed by atoms with Crippen LogP contribution in [0, 0.1) is 17.1 Å². The molecule has 3 heterocycles. The Morgan fingerprint density at radius 3 is 2.67 bits per heavy atom. The minimum absolute atomic E-state index is 0.0713. The van der Waals surface area contributed by atoms with Crippen molar-refractivity contribution in [3.8, 4) is 6.07 Å². The van der Waals surface area contributed by atoms with Crippen molar-refractivity contribution < 1.29 is 18.8 Å². The third-order valence-corrected chi connectivity index (χ3v) is 7.25. The Hall–Kier alpha value is -4.65. The van der Waals surface area contributed by atoms with Gasteiger partial charge in [-0.15, -0.1) is 0 Å². The Balaban J connectivity index is 1.71. The van der Waals surface area contributed by atoms with Crippen molar-refractivity contribution in [1.29, 1.82) is 5.26 Å². The molecular formula is C30H29FN6O3. The minimum atomic E-state index is -1.53. The van der Waals surface area contributed by atoms with E-state index in [0.29, 0.717) is 12.0 Å². The number of aryl methyl sites for hydroxylation is 1. The van der Waals surface area contributed by atoms with Crippen LogP contribution >= 0.6 is 0 Å². The number of pyridine rings is 2. The third-order valence-electron chi connectivity index (χ3n) is 7.25. The molecule has 3 amide bonds. The van der Waals surface area contributed by atoms with E-state index in [2.05, 4.69) is 15.3 Å². The summed E-state index contributed by atoms with van der Waals surface area (Å²) in [5.74, 6) is -1.82. The van der Waals surface area contributed by atoms with Gasteiger partial charge in [0.15, 0.2) is 5.54 Å². The number of nitriles is 1. The van der Waals surface area contributed by atoms with E-state index in [1.54, 1.807) is 6.07 Å². The fourth-order valence-corrected chi connectivity index (χ4v) is 5.64. The van der Waals surface area contributed by atoms with Gasteiger partial charge in [0, 0.05) is 24.2 Å². The summed E-state index contributed by atoms with van der Waals surface area (Å²) >= 11 is 0. The molecule has 0 bridgehead atoms. The van der Waals surface area contributed by atoms with Crippen molar-refractivity contribution in [2.24, 2.45) is 0 Å². The first kappa shape index (κ1) is 26.9. The van der Waals surface area contributed by atoms with Crippen LogP contribution in [0.3, 0.4) is 0 Å². The van der Waals surface area contributed by atoms with Crippen LogP contribution in [0.15, 0.2) is 61.1 Å². The predicted octanol–water partition coefficient (Wildman–Crippen LogP) is 3.77. The normalized spacial score (nSPS) is 20.1. The molecule has 2 atom stereocenters. The summed E-state index contributed by atoms with van der Waals surface area (Å²) < 4.78 is 14.6. The first-order valence-corrected chi connectivity index (χ1v) is 13.1. The molecule has 40 heavy (non-hydrogen) atoms. The van der Waals surface area contributed by atoms with Crippen LogP contribution in [0.2, 0.25) is 0 Å². The molecule has 5 rings (SSSR count). The fourth-order valence-electron chi connectivity index (χ4n) is 5.64. The average molecular weight is 541 g/mol. The summed E-state index contributed by atoms with van der Waals surface area (Å²) in [4.78, 5) is 53.0. The zero-order valence-electron chi connectivity index (χ0n) is 22.5. The van der Waals surface area contributed by atoms with Gasteiger partial charge in [0.1, 0.15) is 17.7 Å². The highest BCUT2D eigenvalue weighted by molar-refractivity contribution is 6.12. The van der Waals surface area contributed by atoms with Gasteiger partial charge in [-0.25, -0.2) is 9.37 Å². The number of carbonyl (C=O) groups excluding carboxylic acids is 3. The first-order valence-electron chi connectivity index (χ1n) is 13.1. The van der Waals surface area contributed by atoms with Crippen molar-refractivity contribution in [3.05, 3.63) is 83.6 Å². The number of fused-ring (bicyclic) bond motifs is 1. The van der Waals surface area contributed by atoms with E-state index in [1.165, 1.54) is 40.4 Å². The third kappa shape index (κ3) is 4.68. The van der Waals surface area contributed by atoms with Gasteiger partial charge in [-0.2, -0.15) is 5.26 Å². The monoisotopic (exact) mass is 540 g/mol. The number of amides is 3. The van der Waals surface area contributed by atoms with Gasteiger partial charge in [-0.3, -0.25) is 29.2 Å². The lowest BCUT2D eigenvalue weighted by molar-refractivity contribution is -0.132. The van der Waals surface area contributed by atoms with Crippen molar-refractivity contribution in [2.45, 2.75) is 63.6 Å². The van der Waals surface area contributed by atoms with Crippen molar-refractivity contribution in [2.75, 3.05) is 9.80 Å². The number of carbonyl (C=O) groups is 3. The van der Waals surface area contributed by atoms with Gasteiger partial charge in [-0.05, 0) is 63.3 Å². The van der Waals surface area contributed by atoms with Gasteiger partial charge in [0.2, 0.25) is 5.91 Å². The minimum Gasteiger partial charge on any atom is -0.349 e. The summed E-state index contributed by atoms with van der Waals surface area (Å²) in [7, 11) is 0. The second-order valence-electron chi connectivity index (χ2n) is 11.1. The molecule has 204 valence electrons. The second-order valence-corrected chi connectivity index (χ2v) is 11.1. The van der Waals surface area contributed by atoms with Gasteiger partial charge in [0.25, 0.3) is 11.8 Å². The molecule has 9 nitrogen and oxygen atoms in total. The van der Waals surface area contributed by atoms with E-state index in [0.717, 1.165) is 11.8 Å². The summed E-state index contributed by atoms with van der Waals surface area (Å²) in [6.07, 6.45) is 4.78. The standard InChI is InChI=1S/C30H29FN6O3/c1-29(2,3)35-28(40)30(12-10-20-6-4-5-7-23(20)30)37(22-15-21(31)17-33-18-22)27(39)24-8-9-26(38)36(24)25-14-19(16-32)11-13-34-25/h4-7,11,13-15,17-18,24H,8-10,12H2,1-3H3,(H,35,40)/t24?,30-/m0/s1. The molecule has 2 aliphatic rings. The summed E-state index contributed by atoms with van der Waals surface area (Å²) in [5, 5.41) is 12.4. The number of nitrogens with zero attached hydrogens (tertiary/aromatic N) is 5. The first-order chi connectivity index (χ1) is 19.0. The highest BCUT2D eigenvalue weighted by atomic mass is 19.1. The quantitative estimate of drug-likeness (QED) is 0.526. The lowest BCUT2D eigenvalue weighted by Gasteiger charge is -2.43. The smallest absolute Gasteiger partial charge is 0.251 e. The Labute approximate surface area is 231 Å². The number of aromatic nitrogens is 2. The highest BCUT2D eigenvalue weighted by Crippen LogP contribution is 2.46. The van der Waals surface area contributed by atoms with Crippen molar-refractivity contribution in [3.63, 3.8) is 0 Å². The largest absolute Gasteiger partial charge is 0.349 e. The summed E-state index contributed by atoms with van der Waals surface area (Å²) in [6, 6.07) is 12.5. The number of nitrogens with one attached hydrogen (secondary N) is 1. The fraction of sp³-hybridized carbons (Fsp3) is 0.333. The molecule has 3 aromatic rings. The Bertz CT molecular complexity index is 1540. The number of benzene rings is 1. The molecule has 1 fully saturated rings. The predicted molar refractivity (Wildman–Crippen MR) is 145 cm³/mol. The molecular weight excluding hydrogens is 511 g/mol. The Morgan fingerprint density at radius 2 is 1.95 bits per heavy atom. The number of hydrogen-bond donors (Lipinski definition) is 1. The van der Waals surface area contributed by atoms with Gasteiger partial charge >= 0.3 is 0 Å². The number of hydrogen-bond acceptors (Lipinski definition) is 6. The van der Waals surface area contributed by atoms with Crippen LogP contribution in [-0.4, -0.2) is 39.3 Å². The van der Waals surface area contributed by atoms with E-state index in [4.69, 9.17) is 0 Å². The van der Waals surface area contributed by atoms with E-state index in [-0.39, 0.29) is 42.2 Å². The second kappa shape index (κ2) is 10.2. The lowest BCUT2D eigenvalue weighted by Crippen LogP contribution is -2.63. The summed E-state index contributed by atoms with van der Waals surface area (Å²) in [5.41, 5.74) is -0.244. The summed E-state index contributed by atoms with van der Waals surface area (Å²) in [6.45, 7) is 5.54. The maximum Gasteiger partial charge on any atom is 0.251 e. The molecule has 0 radical (unpaired) electrons. The molecule has 10 heteroatoms. The van der Waals surface area contributed by atoms with Crippen LogP contribution in [0.5, 0.6) is 0 Å². The topological polar surface area (TPSA) is 119 Å². The van der Waals surface area contributed by atoms with E-state index in [1.807, 2.05) is 45.0 Å². The van der Waals surface area contributed by atoms with E-state index >= 15 is 0 Å². The molecule has 0 spiro atoms. The van der Waals surface area contributed by atoms with E-state index in [9.17, 15) is 24.0 Å². The average Bonchev–Trinajstić information content (AvgIpc) is 3.50.